The predicted octanol–water partition coefficient (Wildman–Crippen LogP) is 6.00. The lowest BCUT2D eigenvalue weighted by Gasteiger charge is -2.44. The molecule has 1 fully saturated rings. The molecule has 0 spiro atoms. The number of amides is 1. The fraction of sp³-hybridized carbons (Fsp3) is 0.536. The van der Waals surface area contributed by atoms with Gasteiger partial charge in [-0.3, -0.25) is 4.79 Å². The van der Waals surface area contributed by atoms with Gasteiger partial charge >= 0.3 is 18.0 Å². The molecule has 5 nitrogen and oxygen atoms in total. The lowest BCUT2D eigenvalue weighted by molar-refractivity contribution is -0.348. The summed E-state index contributed by atoms with van der Waals surface area (Å²) in [5, 5.41) is 2.79. The number of alkyl halides is 7. The van der Waals surface area contributed by atoms with Crippen LogP contribution in [-0.4, -0.2) is 38.3 Å². The number of benzene rings is 2. The van der Waals surface area contributed by atoms with Crippen molar-refractivity contribution in [3.8, 4) is 0 Å². The molecule has 3 N–H and O–H groups in total. The third kappa shape index (κ3) is 4.87. The van der Waals surface area contributed by atoms with E-state index >= 15 is 0 Å². The van der Waals surface area contributed by atoms with Gasteiger partial charge in [-0.2, -0.15) is 26.3 Å². The van der Waals surface area contributed by atoms with Gasteiger partial charge in [-0.25, -0.2) is 17.2 Å². The summed E-state index contributed by atoms with van der Waals surface area (Å²) >= 11 is 0. The standard InChI is InChI=1S/C28H30F8N2O3S/c1-15(38-23(39)24(2,3)37)20-12-13-25(42(40,41)19-8-6-18(29)7-9-19)21-11-5-17(14-16(21)4-10-22(20)25)26(30,27(31,32)33)28(34,35)36/h5-9,11,14-15,20,22H,4,10,12-13,37H2,1-3H3,(H,38,39)/t15?,20-,22-,25+/m0/s1. The molecule has 1 unspecified atom stereocenters. The molecular formula is C28H30F8N2O3S. The SMILES string of the molecule is CC(NC(=O)C(C)(C)N)[C@@H]1CC[C@@]2(S(=O)(=O)c3ccc(F)cc3)c3ccc(C(F)(C(F)(F)F)C(F)(F)F)cc3CC[C@@H]12. The van der Waals surface area contributed by atoms with Crippen molar-refractivity contribution in [1.29, 1.82) is 0 Å². The maximum absolute atomic E-state index is 14.9. The molecule has 1 amide bonds. The molecule has 2 aromatic carbocycles. The number of nitrogens with two attached hydrogens (primary N) is 1. The maximum Gasteiger partial charge on any atom is 0.435 e. The zero-order valence-electron chi connectivity index (χ0n) is 22.8. The van der Waals surface area contributed by atoms with Gasteiger partial charge in [0.1, 0.15) is 10.6 Å². The summed E-state index contributed by atoms with van der Waals surface area (Å²) in [5.41, 5.74) is -2.95. The molecule has 2 aliphatic rings. The normalized spacial score (nSPS) is 24.1. The second-order valence-electron chi connectivity index (χ2n) is 11.7. The van der Waals surface area contributed by atoms with E-state index in [0.29, 0.717) is 12.1 Å². The van der Waals surface area contributed by atoms with E-state index in [1.165, 1.54) is 13.8 Å². The first kappa shape index (κ1) is 32.2. The fourth-order valence-electron chi connectivity index (χ4n) is 6.52. The van der Waals surface area contributed by atoms with Crippen LogP contribution in [0.3, 0.4) is 0 Å². The Morgan fingerprint density at radius 2 is 1.55 bits per heavy atom. The summed E-state index contributed by atoms with van der Waals surface area (Å²) < 4.78 is 137. The number of fused-ring (bicyclic) bond motifs is 3. The summed E-state index contributed by atoms with van der Waals surface area (Å²) in [6.45, 7) is 4.63. The van der Waals surface area contributed by atoms with Crippen LogP contribution in [0.5, 0.6) is 0 Å². The fourth-order valence-corrected chi connectivity index (χ4v) is 9.00. The minimum Gasteiger partial charge on any atom is -0.352 e. The maximum atomic E-state index is 14.9. The van der Waals surface area contributed by atoms with Crippen molar-refractivity contribution in [3.05, 3.63) is 65.0 Å². The van der Waals surface area contributed by atoms with Crippen molar-refractivity contribution >= 4 is 15.7 Å². The van der Waals surface area contributed by atoms with Gasteiger partial charge < -0.3 is 11.1 Å². The van der Waals surface area contributed by atoms with E-state index in [2.05, 4.69) is 5.32 Å². The van der Waals surface area contributed by atoms with E-state index in [4.69, 9.17) is 5.73 Å². The second kappa shape index (κ2) is 10.2. The van der Waals surface area contributed by atoms with Crippen molar-refractivity contribution in [1.82, 2.24) is 5.32 Å². The number of rotatable bonds is 6. The highest BCUT2D eigenvalue weighted by molar-refractivity contribution is 7.92. The van der Waals surface area contributed by atoms with E-state index in [1.54, 1.807) is 6.92 Å². The van der Waals surface area contributed by atoms with Crippen LogP contribution in [0.25, 0.3) is 0 Å². The molecule has 4 rings (SSSR count). The van der Waals surface area contributed by atoms with Crippen LogP contribution in [-0.2, 0) is 31.5 Å². The highest BCUT2D eigenvalue weighted by atomic mass is 32.2. The average molecular weight is 627 g/mol. The number of nitrogens with one attached hydrogen (secondary N) is 1. The van der Waals surface area contributed by atoms with Crippen LogP contribution in [0.15, 0.2) is 47.4 Å². The Morgan fingerprint density at radius 1 is 0.976 bits per heavy atom. The molecule has 1 saturated carbocycles. The van der Waals surface area contributed by atoms with Crippen molar-refractivity contribution in [2.75, 3.05) is 0 Å². The van der Waals surface area contributed by atoms with Gasteiger partial charge in [0.2, 0.25) is 5.91 Å². The molecule has 42 heavy (non-hydrogen) atoms. The molecule has 0 aliphatic heterocycles. The smallest absolute Gasteiger partial charge is 0.352 e. The molecule has 0 radical (unpaired) electrons. The number of halogens is 8. The Bertz CT molecular complexity index is 1450. The number of carbonyl (C=O) groups is 1. The van der Waals surface area contributed by atoms with Crippen LogP contribution in [0.4, 0.5) is 35.1 Å². The van der Waals surface area contributed by atoms with E-state index in [9.17, 15) is 48.3 Å². The summed E-state index contributed by atoms with van der Waals surface area (Å²) in [7, 11) is -4.46. The van der Waals surface area contributed by atoms with Gasteiger partial charge in [-0.1, -0.05) is 18.2 Å². The first-order valence-electron chi connectivity index (χ1n) is 13.2. The predicted molar refractivity (Wildman–Crippen MR) is 137 cm³/mol. The van der Waals surface area contributed by atoms with Gasteiger partial charge in [-0.05, 0) is 93.7 Å². The highest BCUT2D eigenvalue weighted by Crippen LogP contribution is 2.61. The molecule has 4 atom stereocenters. The average Bonchev–Trinajstić information content (AvgIpc) is 3.28. The Balaban J connectivity index is 1.90. The monoisotopic (exact) mass is 626 g/mol. The lowest BCUT2D eigenvalue weighted by Crippen LogP contribution is -2.54. The summed E-state index contributed by atoms with van der Waals surface area (Å²) in [5.74, 6) is -2.46. The van der Waals surface area contributed by atoms with E-state index in [0.717, 1.165) is 30.3 Å². The van der Waals surface area contributed by atoms with Crippen molar-refractivity contribution < 1.29 is 48.3 Å². The number of hydrogen-bond acceptors (Lipinski definition) is 4. The zero-order chi connectivity index (χ0) is 31.7. The number of hydrogen-bond donors (Lipinski definition) is 2. The van der Waals surface area contributed by atoms with Crippen molar-refractivity contribution in [2.24, 2.45) is 17.6 Å². The Morgan fingerprint density at radius 3 is 2.07 bits per heavy atom. The minimum absolute atomic E-state index is 0.00505. The largest absolute Gasteiger partial charge is 0.435 e. The summed E-state index contributed by atoms with van der Waals surface area (Å²) in [4.78, 5) is 12.3. The second-order valence-corrected chi connectivity index (χ2v) is 13.9. The molecule has 0 aromatic heterocycles. The van der Waals surface area contributed by atoms with Gasteiger partial charge in [0.15, 0.2) is 9.84 Å². The van der Waals surface area contributed by atoms with Crippen LogP contribution in [0.1, 0.15) is 56.7 Å². The molecule has 0 bridgehead atoms. The first-order valence-corrected chi connectivity index (χ1v) is 14.6. The molecule has 14 heteroatoms. The van der Waals surface area contributed by atoms with Crippen LogP contribution < -0.4 is 11.1 Å². The van der Waals surface area contributed by atoms with Crippen molar-refractivity contribution in [2.45, 2.75) is 85.7 Å². The molecule has 2 aromatic rings. The van der Waals surface area contributed by atoms with Gasteiger partial charge in [0.05, 0.1) is 10.4 Å². The molecule has 0 saturated heterocycles. The first-order chi connectivity index (χ1) is 19.1. The Kier molecular flexibility index (Phi) is 7.79. The van der Waals surface area contributed by atoms with Gasteiger partial charge in [0, 0.05) is 11.6 Å². The number of sulfone groups is 1. The van der Waals surface area contributed by atoms with Gasteiger partial charge in [0.25, 0.3) is 0 Å². The Hall–Kier alpha value is -2.74. The molecular weight excluding hydrogens is 596 g/mol. The van der Waals surface area contributed by atoms with Crippen molar-refractivity contribution in [3.63, 3.8) is 0 Å². The molecule has 0 heterocycles. The minimum atomic E-state index is -6.34. The quantitative estimate of drug-likeness (QED) is 0.304. The highest BCUT2D eigenvalue weighted by Gasteiger charge is 2.73. The molecule has 232 valence electrons. The topological polar surface area (TPSA) is 89.3 Å². The molecule has 2 aliphatic carbocycles. The summed E-state index contributed by atoms with van der Waals surface area (Å²) in [6.07, 6.45) is -12.7. The third-order valence-corrected chi connectivity index (χ3v) is 11.2. The van der Waals surface area contributed by atoms with Crippen LogP contribution in [0.2, 0.25) is 0 Å². The van der Waals surface area contributed by atoms with E-state index in [1.807, 2.05) is 0 Å². The van der Waals surface area contributed by atoms with Crippen LogP contribution >= 0.6 is 0 Å². The van der Waals surface area contributed by atoms with Crippen LogP contribution in [0, 0.1) is 17.7 Å². The van der Waals surface area contributed by atoms with E-state index < -0.39 is 73.3 Å². The van der Waals surface area contributed by atoms with Gasteiger partial charge in [-0.15, -0.1) is 0 Å². The zero-order valence-corrected chi connectivity index (χ0v) is 23.7. The third-order valence-electron chi connectivity index (χ3n) is 8.62. The summed E-state index contributed by atoms with van der Waals surface area (Å²) in [6, 6.07) is 4.93. The Labute approximate surface area is 237 Å². The lowest BCUT2D eigenvalue weighted by atomic mass is 9.71. The van der Waals surface area contributed by atoms with E-state index in [-0.39, 0.29) is 41.7 Å². The number of carbonyl (C=O) groups excluding carboxylic acids is 1. The number of aryl methyl sites for hydroxylation is 1.